The second-order valence-corrected chi connectivity index (χ2v) is 5.70. The third kappa shape index (κ3) is 3.18. The first-order valence-electron chi connectivity index (χ1n) is 6.68. The van der Waals surface area contributed by atoms with Gasteiger partial charge in [-0.1, -0.05) is 13.3 Å². The number of rotatable bonds is 6. The Kier molecular flexibility index (Phi) is 3.68. The topological polar surface area (TPSA) is 15.3 Å². The quantitative estimate of drug-likeness (QED) is 0.723. The molecule has 0 aromatic carbocycles. The van der Waals surface area contributed by atoms with E-state index >= 15 is 0 Å². The second-order valence-electron chi connectivity index (χ2n) is 5.70. The molecule has 1 saturated carbocycles. The summed E-state index contributed by atoms with van der Waals surface area (Å²) < 4.78 is 0. The fourth-order valence-electron chi connectivity index (χ4n) is 3.10. The van der Waals surface area contributed by atoms with Crippen LogP contribution in [0.15, 0.2) is 0 Å². The molecule has 0 aromatic heterocycles. The van der Waals surface area contributed by atoms with E-state index in [1.54, 1.807) is 0 Å². The molecule has 88 valence electrons. The van der Waals surface area contributed by atoms with Gasteiger partial charge in [-0.05, 0) is 51.6 Å². The minimum absolute atomic E-state index is 0.457. The minimum Gasteiger partial charge on any atom is -0.310 e. The van der Waals surface area contributed by atoms with Gasteiger partial charge in [0.2, 0.25) is 0 Å². The Morgan fingerprint density at radius 2 is 2.20 bits per heavy atom. The largest absolute Gasteiger partial charge is 0.310 e. The van der Waals surface area contributed by atoms with Crippen LogP contribution in [-0.2, 0) is 0 Å². The molecule has 0 spiro atoms. The first kappa shape index (κ1) is 11.4. The molecule has 2 rings (SSSR count). The Labute approximate surface area is 94.4 Å². The van der Waals surface area contributed by atoms with Gasteiger partial charge in [-0.15, -0.1) is 0 Å². The maximum atomic E-state index is 3.75. The molecule has 2 nitrogen and oxygen atoms in total. The third-order valence-electron chi connectivity index (χ3n) is 3.90. The summed E-state index contributed by atoms with van der Waals surface area (Å²) in [6, 6.07) is 0. The van der Waals surface area contributed by atoms with Crippen LogP contribution in [0.2, 0.25) is 0 Å². The van der Waals surface area contributed by atoms with Crippen LogP contribution >= 0.6 is 0 Å². The van der Waals surface area contributed by atoms with Gasteiger partial charge in [0.05, 0.1) is 0 Å². The van der Waals surface area contributed by atoms with Crippen LogP contribution in [0.5, 0.6) is 0 Å². The third-order valence-corrected chi connectivity index (χ3v) is 3.90. The summed E-state index contributed by atoms with van der Waals surface area (Å²) in [5.74, 6) is 1.02. The molecular formula is C13H26N2. The lowest BCUT2D eigenvalue weighted by Gasteiger charge is -2.34. The summed E-state index contributed by atoms with van der Waals surface area (Å²) in [5, 5.41) is 3.75. The Balaban J connectivity index is 1.81. The molecule has 0 amide bonds. The van der Waals surface area contributed by atoms with Crippen LogP contribution in [0, 0.1) is 5.92 Å². The highest BCUT2D eigenvalue weighted by atomic mass is 15.2. The predicted octanol–water partition coefficient (Wildman–Crippen LogP) is 2.25. The molecule has 1 aliphatic heterocycles. The first-order chi connectivity index (χ1) is 7.24. The number of hydrogen-bond donors (Lipinski definition) is 1. The van der Waals surface area contributed by atoms with E-state index in [1.807, 2.05) is 0 Å². The summed E-state index contributed by atoms with van der Waals surface area (Å²) in [6.07, 6.45) is 8.36. The molecule has 2 heteroatoms. The summed E-state index contributed by atoms with van der Waals surface area (Å²) in [5.41, 5.74) is 0.457. The monoisotopic (exact) mass is 210 g/mol. The van der Waals surface area contributed by atoms with E-state index in [1.165, 1.54) is 58.2 Å². The van der Waals surface area contributed by atoms with Crippen LogP contribution in [-0.4, -0.2) is 37.1 Å². The first-order valence-corrected chi connectivity index (χ1v) is 6.68. The molecule has 1 atom stereocenters. The average molecular weight is 210 g/mol. The fourth-order valence-corrected chi connectivity index (χ4v) is 3.10. The van der Waals surface area contributed by atoms with Crippen LogP contribution in [0.3, 0.4) is 0 Å². The summed E-state index contributed by atoms with van der Waals surface area (Å²) >= 11 is 0. The van der Waals surface area contributed by atoms with Gasteiger partial charge < -0.3 is 10.2 Å². The van der Waals surface area contributed by atoms with Gasteiger partial charge in [-0.3, -0.25) is 0 Å². The van der Waals surface area contributed by atoms with Crippen molar-refractivity contribution in [3.8, 4) is 0 Å². The molecular weight excluding hydrogens is 184 g/mol. The highest BCUT2D eigenvalue weighted by molar-refractivity contribution is 4.95. The zero-order chi connectivity index (χ0) is 10.7. The van der Waals surface area contributed by atoms with Crippen molar-refractivity contribution in [2.24, 2.45) is 5.92 Å². The van der Waals surface area contributed by atoms with Crippen molar-refractivity contribution >= 4 is 0 Å². The van der Waals surface area contributed by atoms with Crippen LogP contribution in [0.1, 0.15) is 45.4 Å². The lowest BCUT2D eigenvalue weighted by Crippen LogP contribution is -2.49. The van der Waals surface area contributed by atoms with Crippen LogP contribution in [0.25, 0.3) is 0 Å². The lowest BCUT2D eigenvalue weighted by molar-refractivity contribution is 0.207. The van der Waals surface area contributed by atoms with Gasteiger partial charge in [-0.25, -0.2) is 0 Å². The smallest absolute Gasteiger partial charge is 0.0309 e. The van der Waals surface area contributed by atoms with Crippen molar-refractivity contribution in [3.05, 3.63) is 0 Å². The molecule has 0 bridgehead atoms. The molecule has 1 aliphatic carbocycles. The van der Waals surface area contributed by atoms with Crippen molar-refractivity contribution in [1.82, 2.24) is 10.2 Å². The average Bonchev–Trinajstić information content (AvgIpc) is 2.86. The van der Waals surface area contributed by atoms with Crippen LogP contribution < -0.4 is 5.32 Å². The standard InChI is InChI=1S/C13H26N2/c1-3-7-13(8-4-9-14-13)11-15(2)10-12-5-6-12/h12,14H,3-11H2,1-2H3. The van der Waals surface area contributed by atoms with E-state index in [0.29, 0.717) is 5.54 Å². The zero-order valence-corrected chi connectivity index (χ0v) is 10.4. The highest BCUT2D eigenvalue weighted by Gasteiger charge is 2.34. The van der Waals surface area contributed by atoms with Gasteiger partial charge in [0.15, 0.2) is 0 Å². The van der Waals surface area contributed by atoms with E-state index in [9.17, 15) is 0 Å². The molecule has 1 heterocycles. The molecule has 1 N–H and O–H groups in total. The van der Waals surface area contributed by atoms with Gasteiger partial charge in [0, 0.05) is 18.6 Å². The van der Waals surface area contributed by atoms with E-state index < -0.39 is 0 Å². The van der Waals surface area contributed by atoms with Gasteiger partial charge in [-0.2, -0.15) is 0 Å². The molecule has 15 heavy (non-hydrogen) atoms. The van der Waals surface area contributed by atoms with E-state index in [0.717, 1.165) is 5.92 Å². The number of hydrogen-bond acceptors (Lipinski definition) is 2. The molecule has 1 saturated heterocycles. The Bertz CT molecular complexity index is 193. The number of nitrogens with one attached hydrogen (secondary N) is 1. The zero-order valence-electron chi connectivity index (χ0n) is 10.4. The van der Waals surface area contributed by atoms with E-state index in [4.69, 9.17) is 0 Å². The van der Waals surface area contributed by atoms with Gasteiger partial charge >= 0.3 is 0 Å². The van der Waals surface area contributed by atoms with E-state index in [2.05, 4.69) is 24.2 Å². The summed E-state index contributed by atoms with van der Waals surface area (Å²) in [6.45, 7) is 6.13. The normalized spacial score (nSPS) is 31.4. The van der Waals surface area contributed by atoms with Gasteiger partial charge in [0.25, 0.3) is 0 Å². The van der Waals surface area contributed by atoms with Crippen molar-refractivity contribution < 1.29 is 0 Å². The van der Waals surface area contributed by atoms with Crippen LogP contribution in [0.4, 0.5) is 0 Å². The fraction of sp³-hybridized carbons (Fsp3) is 1.00. The SMILES string of the molecule is CCCC1(CN(C)CC2CC2)CCCN1. The highest BCUT2D eigenvalue weighted by Crippen LogP contribution is 2.31. The number of nitrogens with zero attached hydrogens (tertiary/aromatic N) is 1. The van der Waals surface area contributed by atoms with E-state index in [-0.39, 0.29) is 0 Å². The van der Waals surface area contributed by atoms with Gasteiger partial charge in [0.1, 0.15) is 0 Å². The van der Waals surface area contributed by atoms with Crippen molar-refractivity contribution in [1.29, 1.82) is 0 Å². The minimum atomic E-state index is 0.457. The lowest BCUT2D eigenvalue weighted by atomic mass is 9.91. The number of likely N-dealkylation sites (N-methyl/N-ethyl adjacent to an activating group) is 1. The molecule has 0 aromatic rings. The Morgan fingerprint density at radius 1 is 1.40 bits per heavy atom. The predicted molar refractivity (Wildman–Crippen MR) is 65.1 cm³/mol. The maximum absolute atomic E-state index is 3.75. The molecule has 2 aliphatic rings. The Hall–Kier alpha value is -0.0800. The summed E-state index contributed by atoms with van der Waals surface area (Å²) in [7, 11) is 2.30. The molecule has 1 unspecified atom stereocenters. The molecule has 0 radical (unpaired) electrons. The molecule has 2 fully saturated rings. The maximum Gasteiger partial charge on any atom is 0.0309 e. The second kappa shape index (κ2) is 4.84. The van der Waals surface area contributed by atoms with Crippen molar-refractivity contribution in [2.45, 2.75) is 51.0 Å². The van der Waals surface area contributed by atoms with Crippen molar-refractivity contribution in [2.75, 3.05) is 26.7 Å². The van der Waals surface area contributed by atoms with Crippen molar-refractivity contribution in [3.63, 3.8) is 0 Å². The Morgan fingerprint density at radius 3 is 2.73 bits per heavy atom. The summed E-state index contributed by atoms with van der Waals surface area (Å²) in [4.78, 5) is 2.56.